The molecule has 1 saturated heterocycles. The minimum Gasteiger partial charge on any atom is -0.458 e. The second-order valence-corrected chi connectivity index (χ2v) is 12.9. The molecule has 0 bridgehead atoms. The number of esters is 1. The molecular weight excluding hydrogens is 360 g/mol. The van der Waals surface area contributed by atoms with Crippen LogP contribution in [0.4, 0.5) is 0 Å². The van der Waals surface area contributed by atoms with Crippen LogP contribution in [0.1, 0.15) is 71.6 Å². The third kappa shape index (κ3) is 1.60. The van der Waals surface area contributed by atoms with E-state index in [2.05, 4.69) is 19.9 Å². The van der Waals surface area contributed by atoms with Crippen molar-refractivity contribution >= 4 is 11.8 Å². The van der Waals surface area contributed by atoms with Crippen molar-refractivity contribution in [3.63, 3.8) is 0 Å². The lowest BCUT2D eigenvalue weighted by Crippen LogP contribution is -2.58. The molecule has 0 aromatic rings. The summed E-state index contributed by atoms with van der Waals surface area (Å²) in [4.78, 5) is 25.1. The van der Waals surface area contributed by atoms with Gasteiger partial charge in [0.05, 0.1) is 0 Å². The van der Waals surface area contributed by atoms with E-state index in [0.29, 0.717) is 24.0 Å². The lowest BCUT2D eigenvalue weighted by atomic mass is 9.44. The summed E-state index contributed by atoms with van der Waals surface area (Å²) in [6, 6.07) is 0. The van der Waals surface area contributed by atoms with E-state index in [-0.39, 0.29) is 27.8 Å². The van der Waals surface area contributed by atoms with Gasteiger partial charge in [0.15, 0.2) is 5.78 Å². The number of carbonyl (C=O) groups is 2. The van der Waals surface area contributed by atoms with Crippen molar-refractivity contribution in [2.24, 2.45) is 57.7 Å². The van der Waals surface area contributed by atoms with Gasteiger partial charge in [0.1, 0.15) is 5.60 Å². The lowest BCUT2D eigenvalue weighted by molar-refractivity contribution is -0.178. The van der Waals surface area contributed by atoms with E-state index in [0.717, 1.165) is 55.3 Å². The monoisotopic (exact) mass is 392 g/mol. The average Bonchev–Trinajstić information content (AvgIpc) is 3.58. The highest BCUT2D eigenvalue weighted by molar-refractivity contribution is 5.99. The molecule has 2 spiro atoms. The molecule has 1 heterocycles. The first-order valence-corrected chi connectivity index (χ1v) is 12.3. The zero-order valence-electron chi connectivity index (χ0n) is 17.7. The second kappa shape index (κ2) is 4.41. The van der Waals surface area contributed by atoms with E-state index in [1.54, 1.807) is 5.57 Å². The van der Waals surface area contributed by atoms with Gasteiger partial charge < -0.3 is 4.74 Å². The fourth-order valence-corrected chi connectivity index (χ4v) is 10.7. The van der Waals surface area contributed by atoms with Crippen LogP contribution in [0.3, 0.4) is 0 Å². The predicted molar refractivity (Wildman–Crippen MR) is 107 cm³/mol. The van der Waals surface area contributed by atoms with Crippen LogP contribution >= 0.6 is 0 Å². The fraction of sp³-hybridized carbons (Fsp3) is 0.846. The number of ether oxygens (including phenoxy) is 1. The summed E-state index contributed by atoms with van der Waals surface area (Å²) in [5.74, 6) is 5.76. The molecule has 7 unspecified atom stereocenters. The number of hydrogen-bond donors (Lipinski definition) is 0. The first kappa shape index (κ1) is 16.6. The number of hydrogen-bond acceptors (Lipinski definition) is 3. The molecule has 6 saturated carbocycles. The molecule has 8 aliphatic rings. The molecule has 154 valence electrons. The van der Waals surface area contributed by atoms with Crippen molar-refractivity contribution in [3.05, 3.63) is 11.6 Å². The minimum atomic E-state index is -0.133. The van der Waals surface area contributed by atoms with Crippen LogP contribution in [0.25, 0.3) is 0 Å². The molecular formula is C26H32O3. The summed E-state index contributed by atoms with van der Waals surface area (Å²) in [5.41, 5.74) is 1.89. The van der Waals surface area contributed by atoms with Crippen LogP contribution in [-0.4, -0.2) is 17.4 Å². The van der Waals surface area contributed by atoms with E-state index in [1.807, 2.05) is 0 Å². The molecule has 8 rings (SSSR count). The van der Waals surface area contributed by atoms with Gasteiger partial charge in [-0.15, -0.1) is 0 Å². The Morgan fingerprint density at radius 3 is 2.55 bits per heavy atom. The maximum absolute atomic E-state index is 12.9. The predicted octanol–water partition coefficient (Wildman–Crippen LogP) is 4.70. The van der Waals surface area contributed by atoms with E-state index in [9.17, 15) is 9.59 Å². The molecule has 0 N–H and O–H groups in total. The molecule has 0 aromatic heterocycles. The number of ketones is 1. The van der Waals surface area contributed by atoms with Gasteiger partial charge in [-0.2, -0.15) is 0 Å². The normalized spacial score (nSPS) is 61.9. The molecule has 7 fully saturated rings. The van der Waals surface area contributed by atoms with Crippen LogP contribution in [0.2, 0.25) is 0 Å². The fourth-order valence-electron chi connectivity index (χ4n) is 10.7. The third-order valence-electron chi connectivity index (χ3n) is 12.0. The smallest absolute Gasteiger partial charge is 0.306 e. The highest BCUT2D eigenvalue weighted by Gasteiger charge is 2.81. The summed E-state index contributed by atoms with van der Waals surface area (Å²) >= 11 is 0. The van der Waals surface area contributed by atoms with Gasteiger partial charge in [-0.1, -0.05) is 19.4 Å². The summed E-state index contributed by atoms with van der Waals surface area (Å²) in [6.07, 6.45) is 12.3. The molecule has 1 aliphatic heterocycles. The standard InChI is InChI=1S/C26H32O3/c1-23-12-25(7-8-25)19(27)11-17(23)13-9-14(13)21-16(23)3-5-24(2)22(21)15-10-18(15)26(24)6-4-20(28)29-26/h11,13-16,18,21-22H,3-10,12H2,1-2H3/t13?,14-,15?,16?,18?,21?,22?,23-,24+,26?/m1/s1. The van der Waals surface area contributed by atoms with Crippen LogP contribution in [0, 0.1) is 57.7 Å². The van der Waals surface area contributed by atoms with Crippen molar-refractivity contribution in [3.8, 4) is 0 Å². The minimum absolute atomic E-state index is 0.0191. The highest BCUT2D eigenvalue weighted by Crippen LogP contribution is 2.83. The van der Waals surface area contributed by atoms with Gasteiger partial charge in [0, 0.05) is 23.2 Å². The largest absolute Gasteiger partial charge is 0.458 e. The quantitative estimate of drug-likeness (QED) is 0.562. The molecule has 0 aromatic carbocycles. The first-order chi connectivity index (χ1) is 13.8. The van der Waals surface area contributed by atoms with Crippen molar-refractivity contribution < 1.29 is 14.3 Å². The first-order valence-electron chi connectivity index (χ1n) is 12.3. The van der Waals surface area contributed by atoms with Gasteiger partial charge >= 0.3 is 5.97 Å². The van der Waals surface area contributed by atoms with E-state index >= 15 is 0 Å². The van der Waals surface area contributed by atoms with Gasteiger partial charge in [-0.05, 0) is 98.4 Å². The zero-order chi connectivity index (χ0) is 19.6. The average molecular weight is 393 g/mol. The Hall–Kier alpha value is -1.12. The third-order valence-corrected chi connectivity index (χ3v) is 12.0. The van der Waals surface area contributed by atoms with Crippen molar-refractivity contribution in [1.82, 2.24) is 0 Å². The summed E-state index contributed by atoms with van der Waals surface area (Å²) < 4.78 is 6.26. The maximum Gasteiger partial charge on any atom is 0.306 e. The Labute approximate surface area is 173 Å². The topological polar surface area (TPSA) is 43.4 Å². The molecule has 3 heteroatoms. The Morgan fingerprint density at radius 2 is 1.83 bits per heavy atom. The zero-order valence-corrected chi connectivity index (χ0v) is 17.7. The summed E-state index contributed by atoms with van der Waals surface area (Å²) in [6.45, 7) is 5.06. The molecule has 10 atom stereocenters. The summed E-state index contributed by atoms with van der Waals surface area (Å²) in [5, 5.41) is 0. The SMILES string of the molecule is C[C@]12CC3(CC3)C(=O)C=C1C1C[C@H]1C1C2CC[C@@]2(C)C1C1CC1C21CCC(=O)O1. The van der Waals surface area contributed by atoms with Gasteiger partial charge in [-0.25, -0.2) is 0 Å². The van der Waals surface area contributed by atoms with Crippen molar-refractivity contribution in [2.45, 2.75) is 77.2 Å². The lowest BCUT2D eigenvalue weighted by Gasteiger charge is -2.60. The Kier molecular flexibility index (Phi) is 2.52. The Morgan fingerprint density at radius 1 is 1.00 bits per heavy atom. The van der Waals surface area contributed by atoms with Crippen LogP contribution in [-0.2, 0) is 14.3 Å². The van der Waals surface area contributed by atoms with Gasteiger partial charge in [0.2, 0.25) is 0 Å². The molecule has 0 amide bonds. The van der Waals surface area contributed by atoms with Gasteiger partial charge in [0.25, 0.3) is 0 Å². The van der Waals surface area contributed by atoms with Crippen molar-refractivity contribution in [1.29, 1.82) is 0 Å². The highest BCUT2D eigenvalue weighted by atomic mass is 16.6. The van der Waals surface area contributed by atoms with Crippen LogP contribution in [0.5, 0.6) is 0 Å². The van der Waals surface area contributed by atoms with Crippen molar-refractivity contribution in [2.75, 3.05) is 0 Å². The number of carbonyl (C=O) groups excluding carboxylic acids is 2. The second-order valence-electron chi connectivity index (χ2n) is 12.9. The van der Waals surface area contributed by atoms with E-state index < -0.39 is 0 Å². The van der Waals surface area contributed by atoms with E-state index in [1.165, 1.54) is 25.7 Å². The number of fused-ring (bicyclic) bond motifs is 12. The molecule has 7 aliphatic carbocycles. The number of rotatable bonds is 0. The van der Waals surface area contributed by atoms with Crippen LogP contribution < -0.4 is 0 Å². The summed E-state index contributed by atoms with van der Waals surface area (Å²) in [7, 11) is 0. The number of allylic oxidation sites excluding steroid dienone is 1. The van der Waals surface area contributed by atoms with E-state index in [4.69, 9.17) is 4.74 Å². The molecule has 29 heavy (non-hydrogen) atoms. The Bertz CT molecular complexity index is 928. The maximum atomic E-state index is 12.9. The molecule has 3 nitrogen and oxygen atoms in total. The van der Waals surface area contributed by atoms with Gasteiger partial charge in [-0.3, -0.25) is 9.59 Å². The molecule has 0 radical (unpaired) electrons. The Balaban J connectivity index is 1.24. The van der Waals surface area contributed by atoms with Crippen LogP contribution in [0.15, 0.2) is 11.6 Å².